The monoisotopic (exact) mass is 332 g/mol. The molecule has 24 heavy (non-hydrogen) atoms. The van der Waals surface area contributed by atoms with Crippen LogP contribution in [-0.4, -0.2) is 12.0 Å². The highest BCUT2D eigenvalue weighted by atomic mass is 19.1. The molecule has 1 atom stereocenters. The second-order valence-electron chi connectivity index (χ2n) is 6.04. The van der Waals surface area contributed by atoms with Gasteiger partial charge in [0.05, 0.1) is 17.9 Å². The van der Waals surface area contributed by atoms with E-state index in [9.17, 15) is 13.6 Å². The molecule has 0 bridgehead atoms. The lowest BCUT2D eigenvalue weighted by molar-refractivity contribution is -0.125. The summed E-state index contributed by atoms with van der Waals surface area (Å²) in [7, 11) is 0. The van der Waals surface area contributed by atoms with E-state index in [4.69, 9.17) is 10.5 Å². The van der Waals surface area contributed by atoms with E-state index in [2.05, 4.69) is 0 Å². The molecule has 0 saturated heterocycles. The van der Waals surface area contributed by atoms with Gasteiger partial charge in [0, 0.05) is 0 Å². The number of hydrogen-bond donors (Lipinski definition) is 1. The van der Waals surface area contributed by atoms with Crippen molar-refractivity contribution in [3.63, 3.8) is 0 Å². The van der Waals surface area contributed by atoms with Gasteiger partial charge < -0.3 is 15.4 Å². The van der Waals surface area contributed by atoms with Crippen LogP contribution in [0.2, 0.25) is 0 Å². The van der Waals surface area contributed by atoms with Gasteiger partial charge in [0.15, 0.2) is 17.7 Å². The molecule has 2 N–H and O–H groups in total. The predicted molar refractivity (Wildman–Crippen MR) is 88.0 cm³/mol. The van der Waals surface area contributed by atoms with Crippen LogP contribution in [-0.2, 0) is 11.3 Å². The van der Waals surface area contributed by atoms with Crippen molar-refractivity contribution in [3.05, 3.63) is 52.6 Å². The van der Waals surface area contributed by atoms with Gasteiger partial charge in [-0.3, -0.25) is 4.79 Å². The van der Waals surface area contributed by atoms with E-state index in [1.54, 1.807) is 39.0 Å². The van der Waals surface area contributed by atoms with Gasteiger partial charge in [0.2, 0.25) is 0 Å². The van der Waals surface area contributed by atoms with Crippen molar-refractivity contribution < 1.29 is 18.3 Å². The Labute approximate surface area is 138 Å². The Hall–Kier alpha value is -2.63. The number of ether oxygens (including phenoxy) is 1. The van der Waals surface area contributed by atoms with Gasteiger partial charge in [0.1, 0.15) is 5.82 Å². The van der Waals surface area contributed by atoms with Crippen molar-refractivity contribution in [2.24, 2.45) is 0 Å². The fraction of sp³-hybridized carbons (Fsp3) is 0.278. The van der Waals surface area contributed by atoms with Gasteiger partial charge in [0.25, 0.3) is 5.91 Å². The third-order valence-electron chi connectivity index (χ3n) is 4.21. The number of amides is 1. The van der Waals surface area contributed by atoms with Crippen LogP contribution >= 0.6 is 0 Å². The van der Waals surface area contributed by atoms with Crippen molar-refractivity contribution in [2.75, 3.05) is 10.6 Å². The second-order valence-corrected chi connectivity index (χ2v) is 6.04. The number of rotatable bonds is 2. The van der Waals surface area contributed by atoms with E-state index in [0.717, 1.165) is 5.56 Å². The summed E-state index contributed by atoms with van der Waals surface area (Å²) < 4.78 is 33.3. The SMILES string of the molecule is Cc1cc(CN2C(=O)C(C)Oc3c2cc(C)c(N)c3F)ccc1F. The molecule has 2 aromatic rings. The molecule has 3 rings (SSSR count). The van der Waals surface area contributed by atoms with Crippen molar-refractivity contribution in [3.8, 4) is 5.75 Å². The van der Waals surface area contributed by atoms with E-state index in [1.807, 2.05) is 0 Å². The molecule has 0 aliphatic carbocycles. The summed E-state index contributed by atoms with van der Waals surface area (Å²) >= 11 is 0. The average Bonchev–Trinajstić information content (AvgIpc) is 2.54. The lowest BCUT2D eigenvalue weighted by Crippen LogP contribution is -2.44. The van der Waals surface area contributed by atoms with Crippen LogP contribution in [0.1, 0.15) is 23.6 Å². The third kappa shape index (κ3) is 2.58. The highest BCUT2D eigenvalue weighted by molar-refractivity contribution is 6.00. The van der Waals surface area contributed by atoms with Crippen LogP contribution in [0, 0.1) is 25.5 Å². The molecule has 1 heterocycles. The number of carbonyl (C=O) groups is 1. The number of nitrogens with two attached hydrogens (primary N) is 1. The molecular weight excluding hydrogens is 314 g/mol. The van der Waals surface area contributed by atoms with Gasteiger partial charge in [-0.2, -0.15) is 0 Å². The molecule has 0 fully saturated rings. The maximum absolute atomic E-state index is 14.4. The van der Waals surface area contributed by atoms with Gasteiger partial charge >= 0.3 is 0 Å². The van der Waals surface area contributed by atoms with Crippen molar-refractivity contribution in [2.45, 2.75) is 33.4 Å². The summed E-state index contributed by atoms with van der Waals surface area (Å²) in [6.07, 6.45) is -0.823. The minimum atomic E-state index is -0.823. The molecule has 126 valence electrons. The quantitative estimate of drug-likeness (QED) is 0.857. The Bertz CT molecular complexity index is 836. The Morgan fingerprint density at radius 2 is 1.92 bits per heavy atom. The number of nitrogen functional groups attached to an aromatic ring is 1. The number of aryl methyl sites for hydroxylation is 2. The van der Waals surface area contributed by atoms with Crippen LogP contribution in [0.15, 0.2) is 24.3 Å². The molecule has 1 unspecified atom stereocenters. The molecule has 1 aliphatic rings. The van der Waals surface area contributed by atoms with E-state index < -0.39 is 11.9 Å². The molecule has 1 aliphatic heterocycles. The van der Waals surface area contributed by atoms with E-state index >= 15 is 0 Å². The standard InChI is InChI=1S/C18H18F2N2O2/c1-9-6-12(4-5-13(9)19)8-22-14-7-10(2)16(21)15(20)17(14)24-11(3)18(22)23/h4-7,11H,8,21H2,1-3H3. The number of benzene rings is 2. The van der Waals surface area contributed by atoms with Gasteiger partial charge in [-0.05, 0) is 49.6 Å². The summed E-state index contributed by atoms with van der Waals surface area (Å²) in [5.74, 6) is -1.28. The summed E-state index contributed by atoms with van der Waals surface area (Å²) in [6.45, 7) is 5.08. The second kappa shape index (κ2) is 5.78. The van der Waals surface area contributed by atoms with Crippen LogP contribution in [0.4, 0.5) is 20.2 Å². The molecule has 0 saturated carbocycles. The van der Waals surface area contributed by atoms with Gasteiger partial charge in [-0.1, -0.05) is 12.1 Å². The van der Waals surface area contributed by atoms with E-state index in [-0.39, 0.29) is 29.7 Å². The highest BCUT2D eigenvalue weighted by Crippen LogP contribution is 2.41. The summed E-state index contributed by atoms with van der Waals surface area (Å²) in [4.78, 5) is 14.0. The fourth-order valence-electron chi connectivity index (χ4n) is 2.79. The topological polar surface area (TPSA) is 55.6 Å². The van der Waals surface area contributed by atoms with Gasteiger partial charge in [-0.25, -0.2) is 8.78 Å². The molecule has 0 radical (unpaired) electrons. The Morgan fingerprint density at radius 3 is 2.58 bits per heavy atom. The zero-order chi connectivity index (χ0) is 17.6. The number of fused-ring (bicyclic) bond motifs is 1. The van der Waals surface area contributed by atoms with Gasteiger partial charge in [-0.15, -0.1) is 0 Å². The van der Waals surface area contributed by atoms with Crippen molar-refractivity contribution in [1.82, 2.24) is 0 Å². The number of hydrogen-bond acceptors (Lipinski definition) is 3. The minimum absolute atomic E-state index is 0.00729. The Balaban J connectivity index is 2.07. The zero-order valence-corrected chi connectivity index (χ0v) is 13.7. The molecule has 1 amide bonds. The first kappa shape index (κ1) is 16.2. The number of halogens is 2. The molecule has 4 nitrogen and oxygen atoms in total. The minimum Gasteiger partial charge on any atom is -0.476 e. The number of nitrogens with zero attached hydrogens (tertiary/aromatic N) is 1. The first-order chi connectivity index (χ1) is 11.3. The predicted octanol–water partition coefficient (Wildman–Crippen LogP) is 3.48. The maximum atomic E-state index is 14.4. The van der Waals surface area contributed by atoms with E-state index in [0.29, 0.717) is 16.8 Å². The largest absolute Gasteiger partial charge is 0.476 e. The van der Waals surface area contributed by atoms with Crippen molar-refractivity contribution in [1.29, 1.82) is 0 Å². The molecule has 0 spiro atoms. The Kier molecular flexibility index (Phi) is 3.91. The highest BCUT2D eigenvalue weighted by Gasteiger charge is 2.34. The van der Waals surface area contributed by atoms with Crippen LogP contribution in [0.25, 0.3) is 0 Å². The average molecular weight is 332 g/mol. The summed E-state index contributed by atoms with van der Waals surface area (Å²) in [6, 6.07) is 6.27. The molecule has 2 aromatic carbocycles. The van der Waals surface area contributed by atoms with E-state index in [1.165, 1.54) is 11.0 Å². The van der Waals surface area contributed by atoms with Crippen LogP contribution in [0.3, 0.4) is 0 Å². The van der Waals surface area contributed by atoms with Crippen LogP contribution < -0.4 is 15.4 Å². The van der Waals surface area contributed by atoms with Crippen molar-refractivity contribution >= 4 is 17.3 Å². The first-order valence-corrected chi connectivity index (χ1v) is 7.61. The zero-order valence-electron chi connectivity index (χ0n) is 13.7. The number of carbonyl (C=O) groups excluding carboxylic acids is 1. The lowest BCUT2D eigenvalue weighted by Gasteiger charge is -2.34. The smallest absolute Gasteiger partial charge is 0.268 e. The maximum Gasteiger partial charge on any atom is 0.268 e. The number of anilines is 2. The summed E-state index contributed by atoms with van der Waals surface area (Å²) in [5.41, 5.74) is 7.83. The lowest BCUT2D eigenvalue weighted by atomic mass is 10.1. The Morgan fingerprint density at radius 1 is 1.21 bits per heavy atom. The van der Waals surface area contributed by atoms with Crippen LogP contribution in [0.5, 0.6) is 5.75 Å². The first-order valence-electron chi connectivity index (χ1n) is 7.61. The summed E-state index contributed by atoms with van der Waals surface area (Å²) in [5, 5.41) is 0. The molecule has 6 heteroatoms. The molecule has 0 aromatic heterocycles. The fourth-order valence-corrected chi connectivity index (χ4v) is 2.79. The normalized spacial score (nSPS) is 16.8. The third-order valence-corrected chi connectivity index (χ3v) is 4.21. The molecular formula is C18H18F2N2O2.